The summed E-state index contributed by atoms with van der Waals surface area (Å²) in [5.74, 6) is 0.0336. The molecule has 2 aromatic carbocycles. The number of aromatic nitrogens is 3. The lowest BCUT2D eigenvalue weighted by atomic mass is 9.83. The van der Waals surface area contributed by atoms with Gasteiger partial charge in [-0.15, -0.1) is 11.3 Å². The molecule has 2 unspecified atom stereocenters. The number of thiazole rings is 1. The summed E-state index contributed by atoms with van der Waals surface area (Å²) in [6, 6.07) is 21.9. The molecule has 0 fully saturated rings. The van der Waals surface area contributed by atoms with Crippen LogP contribution >= 0.6 is 22.9 Å². The highest BCUT2D eigenvalue weighted by Crippen LogP contribution is 2.44. The Bertz CT molecular complexity index is 1530. The van der Waals surface area contributed by atoms with Gasteiger partial charge in [0.2, 0.25) is 5.91 Å². The highest BCUT2D eigenvalue weighted by Gasteiger charge is 2.37. The number of aromatic amines is 1. The third-order valence-corrected chi connectivity index (χ3v) is 8.02. The molecule has 0 saturated carbocycles. The summed E-state index contributed by atoms with van der Waals surface area (Å²) in [4.78, 5) is 28.3. The maximum Gasteiger partial charge on any atom is 0.229 e. The van der Waals surface area contributed by atoms with Crippen molar-refractivity contribution in [1.29, 1.82) is 0 Å². The van der Waals surface area contributed by atoms with Crippen LogP contribution in [0.4, 0.5) is 0 Å². The standard InChI is InChI=1S/C28H23ClN4OS/c1-17-27-26(20-9-3-5-11-23(20)32-27)21(19-8-2-4-10-22(19)29)15-33(17)25(34)14-18-16-35-28(31-18)24-12-6-7-13-30-24/h2-13,16-17,21,32H,14-15H2,1H3. The molecule has 4 heterocycles. The molecule has 0 bridgehead atoms. The van der Waals surface area contributed by atoms with Gasteiger partial charge in [-0.05, 0) is 42.3 Å². The topological polar surface area (TPSA) is 61.9 Å². The number of nitrogens with zero attached hydrogens (tertiary/aromatic N) is 3. The molecule has 2 atom stereocenters. The number of halogens is 1. The summed E-state index contributed by atoms with van der Waals surface area (Å²) in [5.41, 5.74) is 6.01. The van der Waals surface area contributed by atoms with Crippen molar-refractivity contribution in [3.63, 3.8) is 0 Å². The Morgan fingerprint density at radius 1 is 1.11 bits per heavy atom. The van der Waals surface area contributed by atoms with Crippen LogP contribution in [-0.2, 0) is 11.2 Å². The van der Waals surface area contributed by atoms with Gasteiger partial charge in [-0.3, -0.25) is 9.78 Å². The van der Waals surface area contributed by atoms with Gasteiger partial charge in [0, 0.05) is 45.7 Å². The number of para-hydroxylation sites is 1. The van der Waals surface area contributed by atoms with Crippen LogP contribution in [-0.4, -0.2) is 32.3 Å². The summed E-state index contributed by atoms with van der Waals surface area (Å²) >= 11 is 8.18. The van der Waals surface area contributed by atoms with Gasteiger partial charge in [-0.25, -0.2) is 4.98 Å². The highest BCUT2D eigenvalue weighted by molar-refractivity contribution is 7.13. The van der Waals surface area contributed by atoms with Gasteiger partial charge in [0.15, 0.2) is 0 Å². The number of hydrogen-bond acceptors (Lipinski definition) is 4. The van der Waals surface area contributed by atoms with Crippen LogP contribution < -0.4 is 0 Å². The van der Waals surface area contributed by atoms with E-state index in [1.807, 2.05) is 52.7 Å². The molecule has 5 nitrogen and oxygen atoms in total. The number of benzene rings is 2. The first kappa shape index (κ1) is 22.0. The summed E-state index contributed by atoms with van der Waals surface area (Å²) in [6.45, 7) is 2.66. The number of pyridine rings is 1. The van der Waals surface area contributed by atoms with Crippen molar-refractivity contribution in [2.24, 2.45) is 0 Å². The molecule has 0 aliphatic carbocycles. The van der Waals surface area contributed by atoms with Crippen LogP contribution in [0.25, 0.3) is 21.6 Å². The third-order valence-electron chi connectivity index (χ3n) is 6.76. The molecule has 1 aliphatic heterocycles. The lowest BCUT2D eigenvalue weighted by Gasteiger charge is -2.38. The van der Waals surface area contributed by atoms with Crippen molar-refractivity contribution >= 4 is 39.7 Å². The van der Waals surface area contributed by atoms with Crippen molar-refractivity contribution in [2.45, 2.75) is 25.3 Å². The second-order valence-corrected chi connectivity index (χ2v) is 10.1. The minimum atomic E-state index is -0.0856. The normalized spacial score (nSPS) is 17.5. The van der Waals surface area contributed by atoms with Crippen molar-refractivity contribution in [2.75, 3.05) is 6.54 Å². The predicted octanol–water partition coefficient (Wildman–Crippen LogP) is 6.62. The number of hydrogen-bond donors (Lipinski definition) is 1. The first-order valence-electron chi connectivity index (χ1n) is 11.6. The van der Waals surface area contributed by atoms with Gasteiger partial charge < -0.3 is 9.88 Å². The zero-order valence-corrected chi connectivity index (χ0v) is 20.7. The van der Waals surface area contributed by atoms with E-state index < -0.39 is 0 Å². The van der Waals surface area contributed by atoms with Gasteiger partial charge >= 0.3 is 0 Å². The molecule has 6 rings (SSSR count). The van der Waals surface area contributed by atoms with Gasteiger partial charge in [0.05, 0.1) is 23.9 Å². The smallest absolute Gasteiger partial charge is 0.229 e. The average Bonchev–Trinajstić information content (AvgIpc) is 3.51. The Morgan fingerprint density at radius 3 is 2.74 bits per heavy atom. The van der Waals surface area contributed by atoms with E-state index in [0.717, 1.165) is 38.2 Å². The Kier molecular flexibility index (Phi) is 5.63. The van der Waals surface area contributed by atoms with E-state index in [9.17, 15) is 4.79 Å². The van der Waals surface area contributed by atoms with Crippen molar-refractivity contribution in [3.05, 3.63) is 106 Å². The van der Waals surface area contributed by atoms with Crippen LogP contribution in [0.3, 0.4) is 0 Å². The zero-order chi connectivity index (χ0) is 23.9. The molecule has 1 amide bonds. The maximum absolute atomic E-state index is 13.6. The first-order valence-corrected chi connectivity index (χ1v) is 12.9. The summed E-state index contributed by atoms with van der Waals surface area (Å²) in [5, 5.41) is 4.68. The number of rotatable bonds is 4. The average molecular weight is 499 g/mol. The van der Waals surface area contributed by atoms with Crippen LogP contribution in [0.5, 0.6) is 0 Å². The molecule has 7 heteroatoms. The number of nitrogens with one attached hydrogen (secondary N) is 1. The minimum Gasteiger partial charge on any atom is -0.356 e. The molecular weight excluding hydrogens is 476 g/mol. The molecule has 0 radical (unpaired) electrons. The van der Waals surface area contributed by atoms with Gasteiger partial charge in [0.25, 0.3) is 0 Å². The number of carbonyl (C=O) groups is 1. The van der Waals surface area contributed by atoms with Crippen LogP contribution in [0.15, 0.2) is 78.3 Å². The molecule has 0 spiro atoms. The first-order chi connectivity index (χ1) is 17.1. The largest absolute Gasteiger partial charge is 0.356 e. The van der Waals surface area contributed by atoms with E-state index >= 15 is 0 Å². The Morgan fingerprint density at radius 2 is 1.91 bits per heavy atom. The van der Waals surface area contributed by atoms with E-state index in [1.54, 1.807) is 6.20 Å². The summed E-state index contributed by atoms with van der Waals surface area (Å²) in [6.07, 6.45) is 2.00. The Balaban J connectivity index is 1.36. The number of amides is 1. The fourth-order valence-electron chi connectivity index (χ4n) is 5.07. The molecule has 1 aliphatic rings. The minimum absolute atomic E-state index is 0.0190. The fourth-order valence-corrected chi connectivity index (χ4v) is 6.13. The Hall–Kier alpha value is -3.48. The SMILES string of the molecule is CC1c2[nH]c3ccccc3c2C(c2ccccc2Cl)CN1C(=O)Cc1csc(-c2ccccn2)n1. The van der Waals surface area contributed by atoms with E-state index in [4.69, 9.17) is 16.6 Å². The molecular formula is C28H23ClN4OS. The van der Waals surface area contributed by atoms with Crippen LogP contribution in [0.1, 0.15) is 41.4 Å². The van der Waals surface area contributed by atoms with Crippen LogP contribution in [0, 0.1) is 0 Å². The number of fused-ring (bicyclic) bond motifs is 3. The second-order valence-electron chi connectivity index (χ2n) is 8.83. The highest BCUT2D eigenvalue weighted by atomic mass is 35.5. The van der Waals surface area contributed by atoms with E-state index in [1.165, 1.54) is 22.3 Å². The second kappa shape index (κ2) is 8.95. The molecule has 5 aromatic rings. The van der Waals surface area contributed by atoms with Crippen molar-refractivity contribution < 1.29 is 4.79 Å². The fraction of sp³-hybridized carbons (Fsp3) is 0.179. The van der Waals surface area contributed by atoms with E-state index in [0.29, 0.717) is 6.54 Å². The zero-order valence-electron chi connectivity index (χ0n) is 19.1. The molecule has 3 aromatic heterocycles. The third kappa shape index (κ3) is 3.93. The van der Waals surface area contributed by atoms with Crippen LogP contribution in [0.2, 0.25) is 5.02 Å². The molecule has 35 heavy (non-hydrogen) atoms. The van der Waals surface area contributed by atoms with Crippen molar-refractivity contribution in [3.8, 4) is 10.7 Å². The summed E-state index contributed by atoms with van der Waals surface area (Å²) < 4.78 is 0. The molecule has 0 saturated heterocycles. The lowest BCUT2D eigenvalue weighted by molar-refractivity contribution is -0.133. The Labute approximate surface area is 212 Å². The quantitative estimate of drug-likeness (QED) is 0.303. The maximum atomic E-state index is 13.6. The monoisotopic (exact) mass is 498 g/mol. The predicted molar refractivity (Wildman–Crippen MR) is 141 cm³/mol. The number of H-pyrrole nitrogens is 1. The summed E-state index contributed by atoms with van der Waals surface area (Å²) in [7, 11) is 0. The van der Waals surface area contributed by atoms with Gasteiger partial charge in [-0.2, -0.15) is 0 Å². The van der Waals surface area contributed by atoms with E-state index in [-0.39, 0.29) is 24.3 Å². The van der Waals surface area contributed by atoms with Gasteiger partial charge in [-0.1, -0.05) is 54.1 Å². The molecule has 1 N–H and O–H groups in total. The van der Waals surface area contributed by atoms with Gasteiger partial charge in [0.1, 0.15) is 5.01 Å². The van der Waals surface area contributed by atoms with E-state index in [2.05, 4.69) is 41.2 Å². The lowest BCUT2D eigenvalue weighted by Crippen LogP contribution is -2.42. The molecule has 174 valence electrons. The van der Waals surface area contributed by atoms with Crippen molar-refractivity contribution in [1.82, 2.24) is 19.9 Å². The number of carbonyl (C=O) groups excluding carboxylic acids is 1.